The van der Waals surface area contributed by atoms with Crippen LogP contribution in [0.5, 0.6) is 0 Å². The Kier molecular flexibility index (Phi) is 5.71. The molecule has 0 radical (unpaired) electrons. The van der Waals surface area contributed by atoms with Gasteiger partial charge in [-0.1, -0.05) is 17.8 Å². The first kappa shape index (κ1) is 19.4. The zero-order valence-electron chi connectivity index (χ0n) is 15.8. The Hall–Kier alpha value is -1.89. The molecule has 1 aliphatic carbocycles. The predicted molar refractivity (Wildman–Crippen MR) is 108 cm³/mol. The highest BCUT2D eigenvalue weighted by Crippen LogP contribution is 2.39. The number of nitriles is 1. The van der Waals surface area contributed by atoms with E-state index in [4.69, 9.17) is 4.74 Å². The van der Waals surface area contributed by atoms with Crippen LogP contribution in [0.1, 0.15) is 32.6 Å². The maximum atomic E-state index is 12.5. The summed E-state index contributed by atoms with van der Waals surface area (Å²) in [5.74, 6) is 1.14. The number of nitrogens with zero attached hydrogens (tertiary/aromatic N) is 4. The van der Waals surface area contributed by atoms with Crippen LogP contribution in [0, 0.1) is 17.2 Å². The summed E-state index contributed by atoms with van der Waals surface area (Å²) in [6.07, 6.45) is 4.24. The standard InChI is InChI=1S/C19H23N5O2S2/c1-19(12-20,13-6-7-13)21-16(25)11-28-18-23-22-17(15-5-3-9-27-15)24(18)10-14-4-2-8-26-14/h3,5,9,13-14H,2,4,6-8,10-11H2,1H3,(H,21,25). The molecule has 0 spiro atoms. The molecule has 9 heteroatoms. The summed E-state index contributed by atoms with van der Waals surface area (Å²) in [6, 6.07) is 6.28. The maximum absolute atomic E-state index is 12.5. The highest BCUT2D eigenvalue weighted by atomic mass is 32.2. The lowest BCUT2D eigenvalue weighted by Crippen LogP contribution is -2.47. The van der Waals surface area contributed by atoms with Crippen LogP contribution in [-0.2, 0) is 16.1 Å². The second-order valence-corrected chi connectivity index (χ2v) is 9.34. The number of carbonyl (C=O) groups excluding carboxylic acids is 1. The molecule has 28 heavy (non-hydrogen) atoms. The van der Waals surface area contributed by atoms with E-state index in [-0.39, 0.29) is 23.7 Å². The van der Waals surface area contributed by atoms with Crippen LogP contribution in [0.15, 0.2) is 22.7 Å². The third-order valence-corrected chi connectivity index (χ3v) is 7.06. The van der Waals surface area contributed by atoms with Crippen molar-refractivity contribution in [3.8, 4) is 16.8 Å². The lowest BCUT2D eigenvalue weighted by molar-refractivity contribution is -0.119. The second-order valence-electron chi connectivity index (χ2n) is 7.45. The van der Waals surface area contributed by atoms with Gasteiger partial charge in [0.15, 0.2) is 11.0 Å². The van der Waals surface area contributed by atoms with Crippen molar-refractivity contribution in [2.75, 3.05) is 12.4 Å². The van der Waals surface area contributed by atoms with Crippen molar-refractivity contribution in [1.29, 1.82) is 5.26 Å². The second kappa shape index (κ2) is 8.23. The number of nitrogens with one attached hydrogen (secondary N) is 1. The van der Waals surface area contributed by atoms with Gasteiger partial charge in [-0.15, -0.1) is 21.5 Å². The molecule has 1 aliphatic heterocycles. The molecule has 2 fully saturated rings. The highest BCUT2D eigenvalue weighted by Gasteiger charge is 2.43. The fourth-order valence-electron chi connectivity index (χ4n) is 3.48. The Morgan fingerprint density at radius 3 is 3.00 bits per heavy atom. The number of hydrogen-bond acceptors (Lipinski definition) is 7. The Labute approximate surface area is 172 Å². The predicted octanol–water partition coefficient (Wildman–Crippen LogP) is 3.09. The molecule has 3 heterocycles. The number of hydrogen-bond donors (Lipinski definition) is 1. The Balaban J connectivity index is 1.46. The minimum atomic E-state index is -0.773. The number of rotatable bonds is 8. The molecule has 1 saturated carbocycles. The molecular formula is C19H23N5O2S2. The molecule has 0 bridgehead atoms. The first-order valence-electron chi connectivity index (χ1n) is 9.53. The third kappa shape index (κ3) is 4.24. The molecule has 1 saturated heterocycles. The summed E-state index contributed by atoms with van der Waals surface area (Å²) in [6.45, 7) is 3.28. The van der Waals surface area contributed by atoms with E-state index in [0.717, 1.165) is 43.0 Å². The van der Waals surface area contributed by atoms with E-state index in [1.165, 1.54) is 11.8 Å². The number of carbonyl (C=O) groups is 1. The van der Waals surface area contributed by atoms with Gasteiger partial charge in [-0.2, -0.15) is 5.26 Å². The Bertz CT molecular complexity index is 866. The van der Waals surface area contributed by atoms with E-state index < -0.39 is 5.54 Å². The highest BCUT2D eigenvalue weighted by molar-refractivity contribution is 7.99. The molecule has 7 nitrogen and oxygen atoms in total. The van der Waals surface area contributed by atoms with Gasteiger partial charge < -0.3 is 10.1 Å². The monoisotopic (exact) mass is 417 g/mol. The molecular weight excluding hydrogens is 394 g/mol. The van der Waals surface area contributed by atoms with Gasteiger partial charge in [-0.3, -0.25) is 9.36 Å². The summed E-state index contributed by atoms with van der Waals surface area (Å²) in [4.78, 5) is 13.5. The molecule has 1 amide bonds. The molecule has 2 aromatic heterocycles. The average molecular weight is 418 g/mol. The molecule has 2 aromatic rings. The van der Waals surface area contributed by atoms with Crippen molar-refractivity contribution in [2.45, 2.75) is 56.0 Å². The summed E-state index contributed by atoms with van der Waals surface area (Å²) < 4.78 is 7.86. The van der Waals surface area contributed by atoms with Crippen molar-refractivity contribution in [3.63, 3.8) is 0 Å². The molecule has 0 aromatic carbocycles. The van der Waals surface area contributed by atoms with Crippen molar-refractivity contribution in [2.24, 2.45) is 5.92 Å². The van der Waals surface area contributed by atoms with Crippen LogP contribution >= 0.6 is 23.1 Å². The first-order valence-corrected chi connectivity index (χ1v) is 11.4. The summed E-state index contributed by atoms with van der Waals surface area (Å²) in [5, 5.41) is 23.8. The Morgan fingerprint density at radius 2 is 2.36 bits per heavy atom. The largest absolute Gasteiger partial charge is 0.376 e. The summed E-state index contributed by atoms with van der Waals surface area (Å²) >= 11 is 2.97. The molecule has 1 N–H and O–H groups in total. The molecule has 148 valence electrons. The van der Waals surface area contributed by atoms with Crippen molar-refractivity contribution in [3.05, 3.63) is 17.5 Å². The van der Waals surface area contributed by atoms with Gasteiger partial charge in [-0.05, 0) is 50.0 Å². The molecule has 2 atom stereocenters. The SMILES string of the molecule is CC(C#N)(NC(=O)CSc1nnc(-c2cccs2)n1CC1CCCO1)C1CC1. The zero-order chi connectivity index (χ0) is 19.6. The zero-order valence-corrected chi connectivity index (χ0v) is 17.4. The van der Waals surface area contributed by atoms with Crippen LogP contribution in [0.4, 0.5) is 0 Å². The smallest absolute Gasteiger partial charge is 0.231 e. The van der Waals surface area contributed by atoms with Gasteiger partial charge in [0, 0.05) is 6.61 Å². The van der Waals surface area contributed by atoms with E-state index in [1.807, 2.05) is 24.4 Å². The van der Waals surface area contributed by atoms with Crippen LogP contribution < -0.4 is 5.32 Å². The fraction of sp³-hybridized carbons (Fsp3) is 0.579. The van der Waals surface area contributed by atoms with E-state index in [2.05, 4.69) is 26.2 Å². The van der Waals surface area contributed by atoms with Crippen molar-refractivity contribution >= 4 is 29.0 Å². The lowest BCUT2D eigenvalue weighted by atomic mass is 9.98. The van der Waals surface area contributed by atoms with Gasteiger partial charge in [0.2, 0.25) is 5.91 Å². The minimum Gasteiger partial charge on any atom is -0.376 e. The van der Waals surface area contributed by atoms with E-state index in [0.29, 0.717) is 11.7 Å². The maximum Gasteiger partial charge on any atom is 0.231 e. The molecule has 2 unspecified atom stereocenters. The normalized spacial score (nSPS) is 21.2. The van der Waals surface area contributed by atoms with E-state index in [9.17, 15) is 10.1 Å². The van der Waals surface area contributed by atoms with Crippen LogP contribution in [0.3, 0.4) is 0 Å². The van der Waals surface area contributed by atoms with Gasteiger partial charge in [0.25, 0.3) is 0 Å². The topological polar surface area (TPSA) is 92.8 Å². The van der Waals surface area contributed by atoms with Crippen LogP contribution in [0.2, 0.25) is 0 Å². The van der Waals surface area contributed by atoms with Crippen molar-refractivity contribution in [1.82, 2.24) is 20.1 Å². The van der Waals surface area contributed by atoms with E-state index in [1.54, 1.807) is 11.3 Å². The number of thiophene rings is 1. The van der Waals surface area contributed by atoms with Crippen LogP contribution in [-0.4, -0.2) is 44.7 Å². The van der Waals surface area contributed by atoms with Crippen LogP contribution in [0.25, 0.3) is 10.7 Å². The fourth-order valence-corrected chi connectivity index (χ4v) is 4.94. The number of amides is 1. The Morgan fingerprint density at radius 1 is 1.50 bits per heavy atom. The van der Waals surface area contributed by atoms with Gasteiger partial charge >= 0.3 is 0 Å². The lowest BCUT2D eigenvalue weighted by Gasteiger charge is -2.22. The number of aromatic nitrogens is 3. The third-order valence-electron chi connectivity index (χ3n) is 5.23. The minimum absolute atomic E-state index is 0.148. The number of ether oxygens (including phenoxy) is 1. The van der Waals surface area contributed by atoms with Gasteiger partial charge in [0.05, 0.1) is 29.3 Å². The van der Waals surface area contributed by atoms with E-state index >= 15 is 0 Å². The summed E-state index contributed by atoms with van der Waals surface area (Å²) in [5.41, 5.74) is -0.773. The summed E-state index contributed by atoms with van der Waals surface area (Å²) in [7, 11) is 0. The molecule has 4 rings (SSSR count). The number of thioether (sulfide) groups is 1. The molecule has 2 aliphatic rings. The quantitative estimate of drug-likeness (QED) is 0.664. The van der Waals surface area contributed by atoms with Crippen molar-refractivity contribution < 1.29 is 9.53 Å². The average Bonchev–Trinajstić information content (AvgIpc) is 3.09. The van der Waals surface area contributed by atoms with Gasteiger partial charge in [-0.25, -0.2) is 0 Å². The van der Waals surface area contributed by atoms with Gasteiger partial charge in [0.1, 0.15) is 5.54 Å². The first-order chi connectivity index (χ1) is 13.6.